The second kappa shape index (κ2) is 4.81. The highest BCUT2D eigenvalue weighted by Gasteiger charge is 2.11. The molecule has 0 aliphatic heterocycles. The van der Waals surface area contributed by atoms with E-state index in [1.807, 2.05) is 24.3 Å². The Bertz CT molecular complexity index is 713. The monoisotopic (exact) mass is 321 g/mol. The summed E-state index contributed by atoms with van der Waals surface area (Å²) in [5.41, 5.74) is 1.46. The summed E-state index contributed by atoms with van der Waals surface area (Å²) in [6.07, 6.45) is 0. The molecule has 0 unspecified atom stereocenters. The van der Waals surface area contributed by atoms with Crippen molar-refractivity contribution in [2.45, 2.75) is 6.54 Å². The molecule has 0 radical (unpaired) electrons. The fourth-order valence-corrected chi connectivity index (χ4v) is 1.80. The van der Waals surface area contributed by atoms with E-state index in [1.165, 1.54) is 0 Å². The van der Waals surface area contributed by atoms with E-state index >= 15 is 0 Å². The normalized spacial score (nSPS) is 10.8. The zero-order valence-corrected chi connectivity index (χ0v) is 11.1. The molecule has 8 heteroatoms. The van der Waals surface area contributed by atoms with E-state index < -0.39 is 0 Å². The number of halogens is 1. The highest BCUT2D eigenvalue weighted by Crippen LogP contribution is 2.21. The molecule has 0 atom stereocenters. The average Bonchev–Trinajstić information content (AvgIpc) is 2.85. The van der Waals surface area contributed by atoms with E-state index in [9.17, 15) is 5.11 Å². The van der Waals surface area contributed by atoms with Gasteiger partial charge in [0.2, 0.25) is 11.3 Å². The molecule has 7 nitrogen and oxygen atoms in total. The Kier molecular flexibility index (Phi) is 3.00. The quantitative estimate of drug-likeness (QED) is 0.762. The predicted octanol–water partition coefficient (Wildman–Crippen LogP) is 2.09. The number of fused-ring (bicyclic) bond motifs is 1. The van der Waals surface area contributed by atoms with Gasteiger partial charge in [0, 0.05) is 11.0 Å². The van der Waals surface area contributed by atoms with E-state index in [0.717, 1.165) is 10.0 Å². The summed E-state index contributed by atoms with van der Waals surface area (Å²) in [7, 11) is 0. The van der Waals surface area contributed by atoms with Gasteiger partial charge in [0.1, 0.15) is 0 Å². The third-order valence-electron chi connectivity index (χ3n) is 2.47. The Hall–Kier alpha value is -2.22. The second-order valence-electron chi connectivity index (χ2n) is 3.79. The molecule has 3 rings (SSSR count). The number of aromatic hydroxyl groups is 1. The minimum atomic E-state index is -0.236. The van der Waals surface area contributed by atoms with Gasteiger partial charge in [-0.15, -0.1) is 0 Å². The number of rotatable bonds is 3. The first-order valence-corrected chi connectivity index (χ1v) is 6.19. The summed E-state index contributed by atoms with van der Waals surface area (Å²) in [5, 5.41) is 19.7. The summed E-state index contributed by atoms with van der Waals surface area (Å²) in [4.78, 5) is 7.88. The number of nitrogens with zero attached hydrogens (tertiary/aromatic N) is 4. The number of anilines is 1. The van der Waals surface area contributed by atoms with Crippen molar-refractivity contribution in [3.8, 4) is 5.88 Å². The molecule has 0 aliphatic rings. The van der Waals surface area contributed by atoms with Crippen LogP contribution in [0.1, 0.15) is 5.56 Å². The molecule has 0 fully saturated rings. The second-order valence-corrected chi connectivity index (χ2v) is 4.70. The Morgan fingerprint density at radius 1 is 1.11 bits per heavy atom. The van der Waals surface area contributed by atoms with Crippen LogP contribution in [0.15, 0.2) is 33.4 Å². The zero-order valence-electron chi connectivity index (χ0n) is 9.54. The minimum absolute atomic E-state index is 0.173. The predicted molar refractivity (Wildman–Crippen MR) is 70.5 cm³/mol. The number of nitrogens with one attached hydrogen (secondary N) is 1. The average molecular weight is 322 g/mol. The summed E-state index contributed by atoms with van der Waals surface area (Å²) < 4.78 is 5.49. The zero-order chi connectivity index (χ0) is 13.2. The van der Waals surface area contributed by atoms with Gasteiger partial charge in [0.15, 0.2) is 5.82 Å². The molecular weight excluding hydrogens is 314 g/mol. The van der Waals surface area contributed by atoms with Crippen molar-refractivity contribution in [3.63, 3.8) is 0 Å². The lowest BCUT2D eigenvalue weighted by atomic mass is 10.2. The smallest absolute Gasteiger partial charge is 0.257 e. The van der Waals surface area contributed by atoms with Crippen LogP contribution in [0.2, 0.25) is 0 Å². The fourth-order valence-electron chi connectivity index (χ4n) is 1.54. The van der Waals surface area contributed by atoms with Gasteiger partial charge in [-0.2, -0.15) is 9.97 Å². The number of hydrogen-bond acceptors (Lipinski definition) is 7. The van der Waals surface area contributed by atoms with Crippen molar-refractivity contribution in [1.29, 1.82) is 0 Å². The van der Waals surface area contributed by atoms with Crippen LogP contribution in [0.25, 0.3) is 11.3 Å². The van der Waals surface area contributed by atoms with Crippen molar-refractivity contribution in [2.75, 3.05) is 5.32 Å². The van der Waals surface area contributed by atoms with Crippen LogP contribution < -0.4 is 5.32 Å². The summed E-state index contributed by atoms with van der Waals surface area (Å²) in [6, 6.07) is 7.79. The molecule has 0 bridgehead atoms. The lowest BCUT2D eigenvalue weighted by molar-refractivity contribution is 0.314. The standard InChI is InChI=1S/C11H8BrN5O2/c12-7-3-1-6(2-4-7)5-13-10-11(18)15-9-8(14-10)16-19-17-9/h1-4H,5H2,(H,13,14,16)(H,15,17,18). The summed E-state index contributed by atoms with van der Waals surface area (Å²) >= 11 is 3.37. The van der Waals surface area contributed by atoms with Gasteiger partial charge in [-0.1, -0.05) is 28.1 Å². The van der Waals surface area contributed by atoms with Gasteiger partial charge in [-0.3, -0.25) is 0 Å². The van der Waals surface area contributed by atoms with Gasteiger partial charge in [0.25, 0.3) is 5.88 Å². The van der Waals surface area contributed by atoms with Crippen LogP contribution in [0.5, 0.6) is 5.88 Å². The SMILES string of the molecule is Oc1nc2nonc2nc1NCc1ccc(Br)cc1. The Morgan fingerprint density at radius 3 is 2.53 bits per heavy atom. The minimum Gasteiger partial charge on any atom is -0.491 e. The maximum absolute atomic E-state index is 9.70. The number of hydrogen-bond donors (Lipinski definition) is 2. The van der Waals surface area contributed by atoms with Crippen molar-refractivity contribution in [3.05, 3.63) is 34.3 Å². The molecule has 0 spiro atoms. The third-order valence-corrected chi connectivity index (χ3v) is 3.00. The van der Waals surface area contributed by atoms with Gasteiger partial charge < -0.3 is 10.4 Å². The van der Waals surface area contributed by atoms with Gasteiger partial charge in [0.05, 0.1) is 0 Å². The van der Waals surface area contributed by atoms with Crippen LogP contribution in [0.4, 0.5) is 5.82 Å². The topological polar surface area (TPSA) is 97.0 Å². The van der Waals surface area contributed by atoms with Gasteiger partial charge >= 0.3 is 0 Å². The van der Waals surface area contributed by atoms with Crippen LogP contribution >= 0.6 is 15.9 Å². The molecule has 2 heterocycles. The first kappa shape index (κ1) is 11.8. The van der Waals surface area contributed by atoms with Gasteiger partial charge in [-0.05, 0) is 28.0 Å². The fraction of sp³-hybridized carbons (Fsp3) is 0.0909. The first-order chi connectivity index (χ1) is 9.22. The van der Waals surface area contributed by atoms with Gasteiger partial charge in [-0.25, -0.2) is 4.63 Å². The molecule has 2 N–H and O–H groups in total. The molecule has 2 aromatic heterocycles. The molecule has 0 saturated heterocycles. The highest BCUT2D eigenvalue weighted by atomic mass is 79.9. The lowest BCUT2D eigenvalue weighted by Crippen LogP contribution is -2.02. The molecule has 0 aliphatic carbocycles. The third kappa shape index (κ3) is 2.48. The summed E-state index contributed by atoms with van der Waals surface area (Å²) in [5.74, 6) is 0.00595. The molecule has 3 aromatic rings. The molecular formula is C11H8BrN5O2. The van der Waals surface area contributed by atoms with E-state index in [4.69, 9.17) is 0 Å². The highest BCUT2D eigenvalue weighted by molar-refractivity contribution is 9.10. The molecule has 96 valence electrons. The van der Waals surface area contributed by atoms with Crippen LogP contribution in [0.3, 0.4) is 0 Å². The Labute approximate surface area is 115 Å². The Morgan fingerprint density at radius 2 is 1.79 bits per heavy atom. The van der Waals surface area contributed by atoms with E-state index in [0.29, 0.717) is 6.54 Å². The number of aromatic nitrogens is 4. The maximum atomic E-state index is 9.70. The maximum Gasteiger partial charge on any atom is 0.257 e. The van der Waals surface area contributed by atoms with E-state index in [2.05, 4.69) is 46.2 Å². The van der Waals surface area contributed by atoms with Crippen LogP contribution in [0, 0.1) is 0 Å². The lowest BCUT2D eigenvalue weighted by Gasteiger charge is -2.06. The number of benzene rings is 1. The van der Waals surface area contributed by atoms with Crippen LogP contribution in [-0.4, -0.2) is 25.4 Å². The van der Waals surface area contributed by atoms with Crippen molar-refractivity contribution >= 4 is 33.0 Å². The van der Waals surface area contributed by atoms with Crippen molar-refractivity contribution in [2.24, 2.45) is 0 Å². The molecule has 1 aromatic carbocycles. The van der Waals surface area contributed by atoms with E-state index in [1.54, 1.807) is 0 Å². The molecule has 19 heavy (non-hydrogen) atoms. The first-order valence-electron chi connectivity index (χ1n) is 5.40. The largest absolute Gasteiger partial charge is 0.491 e. The van der Waals surface area contributed by atoms with E-state index in [-0.39, 0.29) is 23.0 Å². The molecule has 0 amide bonds. The van der Waals surface area contributed by atoms with Crippen molar-refractivity contribution in [1.82, 2.24) is 20.3 Å². The van der Waals surface area contributed by atoms with Crippen molar-refractivity contribution < 1.29 is 9.74 Å². The van der Waals surface area contributed by atoms with Crippen LogP contribution in [-0.2, 0) is 6.54 Å². The summed E-state index contributed by atoms with van der Waals surface area (Å²) in [6.45, 7) is 0.506. The molecule has 0 saturated carbocycles. The Balaban J connectivity index is 1.80.